The van der Waals surface area contributed by atoms with Gasteiger partial charge in [-0.3, -0.25) is 4.79 Å². The summed E-state index contributed by atoms with van der Waals surface area (Å²) in [5.41, 5.74) is 2.48. The second kappa shape index (κ2) is 7.14. The number of piperidine rings is 1. The van der Waals surface area contributed by atoms with Crippen LogP contribution in [0, 0.1) is 13.8 Å². The maximum Gasteiger partial charge on any atom is 0.230 e. The van der Waals surface area contributed by atoms with Gasteiger partial charge in [-0.05, 0) is 51.8 Å². The minimum atomic E-state index is 0.148. The second-order valence-electron chi connectivity index (χ2n) is 5.70. The number of carbonyl (C=O) groups excluding carboxylic acids is 1. The van der Waals surface area contributed by atoms with E-state index >= 15 is 0 Å². The van der Waals surface area contributed by atoms with Gasteiger partial charge in [-0.25, -0.2) is 0 Å². The molecule has 1 saturated heterocycles. The van der Waals surface area contributed by atoms with Crippen molar-refractivity contribution in [2.24, 2.45) is 0 Å². The normalized spacial score (nSPS) is 22.6. The molecule has 1 aliphatic rings. The van der Waals surface area contributed by atoms with Crippen LogP contribution >= 0.6 is 11.8 Å². The zero-order valence-electron chi connectivity index (χ0n) is 12.5. The fourth-order valence-electron chi connectivity index (χ4n) is 2.54. The third-order valence-electron chi connectivity index (χ3n) is 3.69. The van der Waals surface area contributed by atoms with Crippen molar-refractivity contribution >= 4 is 17.7 Å². The quantitative estimate of drug-likeness (QED) is 0.838. The van der Waals surface area contributed by atoms with Crippen LogP contribution in [0.1, 0.15) is 30.9 Å². The lowest BCUT2D eigenvalue weighted by Crippen LogP contribution is -2.47. The lowest BCUT2D eigenvalue weighted by atomic mass is 10.0. The van der Waals surface area contributed by atoms with Crippen LogP contribution in [-0.4, -0.2) is 30.3 Å². The second-order valence-corrected chi connectivity index (χ2v) is 6.72. The van der Waals surface area contributed by atoms with Crippen LogP contribution in [0.2, 0.25) is 0 Å². The van der Waals surface area contributed by atoms with E-state index in [9.17, 15) is 4.79 Å². The third kappa shape index (κ3) is 4.53. The van der Waals surface area contributed by atoms with Crippen LogP contribution in [0.5, 0.6) is 0 Å². The topological polar surface area (TPSA) is 41.1 Å². The standard InChI is InChI=1S/C16H24N2OS/c1-11-4-5-12(2)15(8-11)20-10-16(19)18-14-6-7-17-13(3)9-14/h4-5,8,13-14,17H,6-7,9-10H2,1-3H3,(H,18,19). The van der Waals surface area contributed by atoms with Gasteiger partial charge in [-0.2, -0.15) is 0 Å². The van der Waals surface area contributed by atoms with Crippen LogP contribution < -0.4 is 10.6 Å². The Labute approximate surface area is 125 Å². The maximum absolute atomic E-state index is 12.0. The van der Waals surface area contributed by atoms with Crippen LogP contribution in [0.15, 0.2) is 23.1 Å². The summed E-state index contributed by atoms with van der Waals surface area (Å²) in [7, 11) is 0. The zero-order valence-corrected chi connectivity index (χ0v) is 13.3. The van der Waals surface area contributed by atoms with Crippen molar-refractivity contribution in [2.45, 2.75) is 50.6 Å². The summed E-state index contributed by atoms with van der Waals surface area (Å²) in [5.74, 6) is 0.651. The molecule has 110 valence electrons. The molecule has 2 atom stereocenters. The van der Waals surface area contributed by atoms with Crippen molar-refractivity contribution < 1.29 is 4.79 Å². The van der Waals surface area contributed by atoms with E-state index in [-0.39, 0.29) is 5.91 Å². The van der Waals surface area contributed by atoms with Crippen molar-refractivity contribution in [1.29, 1.82) is 0 Å². The van der Waals surface area contributed by atoms with Crippen molar-refractivity contribution in [3.8, 4) is 0 Å². The number of hydrogen-bond acceptors (Lipinski definition) is 3. The smallest absolute Gasteiger partial charge is 0.230 e. The average Bonchev–Trinajstić information content (AvgIpc) is 2.40. The Hall–Kier alpha value is -1.00. The molecule has 0 aliphatic carbocycles. The van der Waals surface area contributed by atoms with Crippen molar-refractivity contribution in [3.05, 3.63) is 29.3 Å². The number of rotatable bonds is 4. The van der Waals surface area contributed by atoms with Gasteiger partial charge in [0.1, 0.15) is 0 Å². The molecule has 1 aliphatic heterocycles. The Balaban J connectivity index is 1.81. The van der Waals surface area contributed by atoms with E-state index in [4.69, 9.17) is 0 Å². The first kappa shape index (κ1) is 15.4. The van der Waals surface area contributed by atoms with Crippen molar-refractivity contribution in [2.75, 3.05) is 12.3 Å². The molecule has 1 aromatic carbocycles. The molecule has 1 fully saturated rings. The maximum atomic E-state index is 12.0. The minimum absolute atomic E-state index is 0.148. The summed E-state index contributed by atoms with van der Waals surface area (Å²) < 4.78 is 0. The fraction of sp³-hybridized carbons (Fsp3) is 0.562. The molecule has 4 heteroatoms. The van der Waals surface area contributed by atoms with Gasteiger partial charge in [0.15, 0.2) is 0 Å². The molecule has 2 rings (SSSR count). The summed E-state index contributed by atoms with van der Waals surface area (Å²) >= 11 is 1.63. The van der Waals surface area contributed by atoms with Gasteiger partial charge in [0, 0.05) is 17.0 Å². The largest absolute Gasteiger partial charge is 0.353 e. The Morgan fingerprint density at radius 1 is 1.45 bits per heavy atom. The first-order valence-electron chi connectivity index (χ1n) is 7.27. The summed E-state index contributed by atoms with van der Waals surface area (Å²) in [6.07, 6.45) is 2.06. The van der Waals surface area contributed by atoms with Crippen LogP contribution in [0.25, 0.3) is 0 Å². The van der Waals surface area contributed by atoms with Gasteiger partial charge in [0.2, 0.25) is 5.91 Å². The zero-order chi connectivity index (χ0) is 14.5. The van der Waals surface area contributed by atoms with Gasteiger partial charge >= 0.3 is 0 Å². The number of hydrogen-bond donors (Lipinski definition) is 2. The van der Waals surface area contributed by atoms with Gasteiger partial charge in [0.05, 0.1) is 5.75 Å². The summed E-state index contributed by atoms with van der Waals surface area (Å²) in [6, 6.07) is 7.21. The van der Waals surface area contributed by atoms with Crippen LogP contribution in [0.4, 0.5) is 0 Å². The van der Waals surface area contributed by atoms with E-state index in [2.05, 4.69) is 49.6 Å². The molecule has 20 heavy (non-hydrogen) atoms. The SMILES string of the molecule is Cc1ccc(C)c(SCC(=O)NC2CCNC(C)C2)c1. The van der Waals surface area contributed by atoms with Crippen molar-refractivity contribution in [3.63, 3.8) is 0 Å². The first-order chi connectivity index (χ1) is 9.54. The van der Waals surface area contributed by atoms with E-state index in [0.29, 0.717) is 17.8 Å². The molecule has 2 unspecified atom stereocenters. The average molecular weight is 292 g/mol. The van der Waals surface area contributed by atoms with E-state index in [0.717, 1.165) is 19.4 Å². The Bertz CT molecular complexity index is 476. The summed E-state index contributed by atoms with van der Waals surface area (Å²) in [4.78, 5) is 13.2. The summed E-state index contributed by atoms with van der Waals surface area (Å²) in [6.45, 7) is 7.34. The highest BCUT2D eigenvalue weighted by atomic mass is 32.2. The fourth-order valence-corrected chi connectivity index (χ4v) is 3.47. The molecule has 1 heterocycles. The number of thioether (sulfide) groups is 1. The Kier molecular flexibility index (Phi) is 5.49. The monoisotopic (exact) mass is 292 g/mol. The first-order valence-corrected chi connectivity index (χ1v) is 8.26. The molecule has 0 spiro atoms. The number of benzene rings is 1. The molecule has 1 amide bonds. The number of nitrogens with one attached hydrogen (secondary N) is 2. The number of aryl methyl sites for hydroxylation is 2. The number of carbonyl (C=O) groups is 1. The third-order valence-corrected chi connectivity index (χ3v) is 4.85. The Morgan fingerprint density at radius 2 is 2.25 bits per heavy atom. The summed E-state index contributed by atoms with van der Waals surface area (Å²) in [5, 5.41) is 6.55. The van der Waals surface area contributed by atoms with Gasteiger partial charge in [0.25, 0.3) is 0 Å². The van der Waals surface area contributed by atoms with Gasteiger partial charge in [-0.15, -0.1) is 11.8 Å². The van der Waals surface area contributed by atoms with Crippen molar-refractivity contribution in [1.82, 2.24) is 10.6 Å². The Morgan fingerprint density at radius 3 is 3.00 bits per heavy atom. The molecule has 0 saturated carbocycles. The molecule has 0 bridgehead atoms. The lowest BCUT2D eigenvalue weighted by Gasteiger charge is -2.28. The molecule has 3 nitrogen and oxygen atoms in total. The highest BCUT2D eigenvalue weighted by molar-refractivity contribution is 8.00. The molecular weight excluding hydrogens is 268 g/mol. The molecule has 0 aromatic heterocycles. The lowest BCUT2D eigenvalue weighted by molar-refractivity contribution is -0.119. The van der Waals surface area contributed by atoms with Gasteiger partial charge < -0.3 is 10.6 Å². The number of amides is 1. The van der Waals surface area contributed by atoms with Crippen LogP contribution in [0.3, 0.4) is 0 Å². The highest BCUT2D eigenvalue weighted by Gasteiger charge is 2.19. The van der Waals surface area contributed by atoms with E-state index in [1.54, 1.807) is 11.8 Å². The van der Waals surface area contributed by atoms with E-state index < -0.39 is 0 Å². The minimum Gasteiger partial charge on any atom is -0.353 e. The van der Waals surface area contributed by atoms with E-state index in [1.807, 2.05) is 0 Å². The molecule has 0 radical (unpaired) electrons. The molecule has 2 N–H and O–H groups in total. The molecule has 1 aromatic rings. The predicted molar refractivity (Wildman–Crippen MR) is 85.3 cm³/mol. The van der Waals surface area contributed by atoms with Crippen LogP contribution in [-0.2, 0) is 4.79 Å². The molecular formula is C16H24N2OS. The van der Waals surface area contributed by atoms with E-state index in [1.165, 1.54) is 16.0 Å². The van der Waals surface area contributed by atoms with Gasteiger partial charge in [-0.1, -0.05) is 17.7 Å². The highest BCUT2D eigenvalue weighted by Crippen LogP contribution is 2.23. The predicted octanol–water partition coefficient (Wildman–Crippen LogP) is 2.65.